The summed E-state index contributed by atoms with van der Waals surface area (Å²) in [5.74, 6) is -0.0105. The van der Waals surface area contributed by atoms with E-state index in [1.54, 1.807) is 24.0 Å². The number of hydrogen-bond acceptors (Lipinski definition) is 6. The van der Waals surface area contributed by atoms with Gasteiger partial charge in [0.1, 0.15) is 5.75 Å². The molecule has 8 nitrogen and oxygen atoms in total. The summed E-state index contributed by atoms with van der Waals surface area (Å²) in [5, 5.41) is 0. The van der Waals surface area contributed by atoms with Crippen LogP contribution >= 0.6 is 0 Å². The van der Waals surface area contributed by atoms with Gasteiger partial charge in [-0.3, -0.25) is 9.59 Å². The molecule has 1 N–H and O–H groups in total. The molecule has 1 aromatic rings. The number of carbonyl (C=O) groups excluding carboxylic acids is 2. The largest absolute Gasteiger partial charge is 0.497 e. The zero-order chi connectivity index (χ0) is 22.3. The second kappa shape index (κ2) is 10.8. The normalized spacial score (nSPS) is 16.4. The molecule has 0 aromatic heterocycles. The Morgan fingerprint density at radius 3 is 2.27 bits per heavy atom. The van der Waals surface area contributed by atoms with E-state index in [-0.39, 0.29) is 35.0 Å². The summed E-state index contributed by atoms with van der Waals surface area (Å²) in [6.07, 6.45) is 1.19. The number of esters is 1. The molecule has 0 aliphatic carbocycles. The van der Waals surface area contributed by atoms with E-state index in [1.807, 2.05) is 13.8 Å². The van der Waals surface area contributed by atoms with E-state index in [9.17, 15) is 18.0 Å². The summed E-state index contributed by atoms with van der Waals surface area (Å²) in [6, 6.07) is 5.57. The number of benzene rings is 1. The van der Waals surface area contributed by atoms with Crippen molar-refractivity contribution < 1.29 is 27.5 Å². The lowest BCUT2D eigenvalue weighted by Gasteiger charge is -2.32. The quantitative estimate of drug-likeness (QED) is 0.591. The Morgan fingerprint density at radius 1 is 1.17 bits per heavy atom. The maximum atomic E-state index is 12.8. The molecule has 0 unspecified atom stereocenters. The van der Waals surface area contributed by atoms with Gasteiger partial charge in [0, 0.05) is 25.6 Å². The first-order valence-corrected chi connectivity index (χ1v) is 11.8. The standard InChI is InChI=1S/C21H32N2O6S/c1-5-29-21(25)16-10-12-23(13-11-16)20(24)14-19(15(2)3)22-30(26,27)18-8-6-17(28-4)7-9-18/h6-9,15-16,19,22H,5,10-14H2,1-4H3/t19-/m1/s1. The van der Waals surface area contributed by atoms with Crippen LogP contribution in [-0.2, 0) is 24.3 Å². The summed E-state index contributed by atoms with van der Waals surface area (Å²) in [6.45, 7) is 6.82. The first-order valence-electron chi connectivity index (χ1n) is 10.3. The van der Waals surface area contributed by atoms with Crippen molar-refractivity contribution in [3.63, 3.8) is 0 Å². The van der Waals surface area contributed by atoms with Gasteiger partial charge in [-0.1, -0.05) is 13.8 Å². The number of methoxy groups -OCH3 is 1. The van der Waals surface area contributed by atoms with E-state index in [4.69, 9.17) is 9.47 Å². The highest BCUT2D eigenvalue weighted by Gasteiger charge is 2.31. The average Bonchev–Trinajstić information content (AvgIpc) is 2.73. The van der Waals surface area contributed by atoms with Gasteiger partial charge in [0.05, 0.1) is 24.5 Å². The highest BCUT2D eigenvalue weighted by Crippen LogP contribution is 2.21. The Kier molecular flexibility index (Phi) is 8.66. The lowest BCUT2D eigenvalue weighted by molar-refractivity contribution is -0.151. The molecule has 1 fully saturated rings. The molecule has 0 saturated carbocycles. The average molecular weight is 441 g/mol. The molecule has 9 heteroatoms. The van der Waals surface area contributed by atoms with Crippen LogP contribution < -0.4 is 9.46 Å². The minimum atomic E-state index is -3.77. The molecule has 1 aromatic carbocycles. The van der Waals surface area contributed by atoms with Crippen LogP contribution in [0.25, 0.3) is 0 Å². The third-order valence-electron chi connectivity index (χ3n) is 5.34. The Hall–Kier alpha value is -2.13. The second-order valence-electron chi connectivity index (χ2n) is 7.76. The van der Waals surface area contributed by atoms with Gasteiger partial charge in [-0.15, -0.1) is 0 Å². The van der Waals surface area contributed by atoms with Gasteiger partial charge in [-0.2, -0.15) is 0 Å². The highest BCUT2D eigenvalue weighted by atomic mass is 32.2. The van der Waals surface area contributed by atoms with Crippen molar-refractivity contribution in [3.05, 3.63) is 24.3 Å². The van der Waals surface area contributed by atoms with Crippen molar-refractivity contribution in [2.24, 2.45) is 11.8 Å². The summed E-state index contributed by atoms with van der Waals surface area (Å²) < 4.78 is 38.3. The number of likely N-dealkylation sites (tertiary alicyclic amines) is 1. The molecule has 168 valence electrons. The number of rotatable bonds is 9. The maximum Gasteiger partial charge on any atom is 0.309 e. The Balaban J connectivity index is 1.98. The van der Waals surface area contributed by atoms with E-state index in [1.165, 1.54) is 19.2 Å². The number of nitrogens with zero attached hydrogens (tertiary/aromatic N) is 1. The van der Waals surface area contributed by atoms with Crippen LogP contribution in [-0.4, -0.2) is 58.0 Å². The zero-order valence-corrected chi connectivity index (χ0v) is 18.9. The fraction of sp³-hybridized carbons (Fsp3) is 0.619. The second-order valence-corrected chi connectivity index (χ2v) is 9.47. The van der Waals surface area contributed by atoms with E-state index in [0.717, 1.165) is 0 Å². The van der Waals surface area contributed by atoms with Crippen molar-refractivity contribution in [1.82, 2.24) is 9.62 Å². The summed E-state index contributed by atoms with van der Waals surface area (Å²) in [4.78, 5) is 26.5. The molecule has 30 heavy (non-hydrogen) atoms. The SMILES string of the molecule is CCOC(=O)C1CCN(C(=O)C[C@@H](NS(=O)(=O)c2ccc(OC)cc2)C(C)C)CC1. The molecular weight excluding hydrogens is 408 g/mol. The van der Waals surface area contributed by atoms with Crippen molar-refractivity contribution >= 4 is 21.9 Å². The fourth-order valence-corrected chi connectivity index (χ4v) is 4.76. The van der Waals surface area contributed by atoms with Gasteiger partial charge >= 0.3 is 5.97 Å². The minimum Gasteiger partial charge on any atom is -0.497 e. The van der Waals surface area contributed by atoms with Crippen LogP contribution in [0.1, 0.15) is 40.0 Å². The van der Waals surface area contributed by atoms with E-state index in [2.05, 4.69) is 4.72 Å². The van der Waals surface area contributed by atoms with E-state index >= 15 is 0 Å². The van der Waals surface area contributed by atoms with Gasteiger partial charge in [0.25, 0.3) is 0 Å². The van der Waals surface area contributed by atoms with Gasteiger partial charge in [-0.25, -0.2) is 13.1 Å². The van der Waals surface area contributed by atoms with Crippen molar-refractivity contribution in [2.45, 2.75) is 51.0 Å². The molecule has 1 saturated heterocycles. The van der Waals surface area contributed by atoms with Crippen LogP contribution in [0.4, 0.5) is 0 Å². The van der Waals surface area contributed by atoms with Crippen LogP contribution in [0.5, 0.6) is 5.75 Å². The molecule has 1 aliphatic rings. The smallest absolute Gasteiger partial charge is 0.309 e. The molecule has 1 heterocycles. The predicted molar refractivity (Wildman–Crippen MR) is 112 cm³/mol. The molecular formula is C21H32N2O6S. The lowest BCUT2D eigenvalue weighted by atomic mass is 9.95. The predicted octanol–water partition coefficient (Wildman–Crippen LogP) is 2.19. The van der Waals surface area contributed by atoms with E-state index < -0.39 is 16.1 Å². The van der Waals surface area contributed by atoms with Gasteiger partial charge in [-0.05, 0) is 49.9 Å². The van der Waals surface area contributed by atoms with Gasteiger partial charge < -0.3 is 14.4 Å². The number of nitrogens with one attached hydrogen (secondary N) is 1. The third kappa shape index (κ3) is 6.43. The van der Waals surface area contributed by atoms with Gasteiger partial charge in [0.15, 0.2) is 0 Å². The Labute approximate surface area is 179 Å². The first kappa shape index (κ1) is 24.1. The van der Waals surface area contributed by atoms with Crippen molar-refractivity contribution in [3.8, 4) is 5.75 Å². The number of carbonyl (C=O) groups is 2. The zero-order valence-electron chi connectivity index (χ0n) is 18.1. The summed E-state index contributed by atoms with van der Waals surface area (Å²) in [7, 11) is -2.26. The summed E-state index contributed by atoms with van der Waals surface area (Å²) >= 11 is 0. The molecule has 1 aliphatic heterocycles. The van der Waals surface area contributed by atoms with Gasteiger partial charge in [0.2, 0.25) is 15.9 Å². The number of sulfonamides is 1. The topological polar surface area (TPSA) is 102 Å². The highest BCUT2D eigenvalue weighted by molar-refractivity contribution is 7.89. The molecule has 0 radical (unpaired) electrons. The Morgan fingerprint density at radius 2 is 1.77 bits per heavy atom. The third-order valence-corrected chi connectivity index (χ3v) is 6.85. The summed E-state index contributed by atoms with van der Waals surface area (Å²) in [5.41, 5.74) is 0. The monoisotopic (exact) mass is 440 g/mol. The molecule has 1 atom stereocenters. The van der Waals surface area contributed by atoms with Crippen LogP contribution in [0.3, 0.4) is 0 Å². The molecule has 2 rings (SSSR count). The molecule has 1 amide bonds. The van der Waals surface area contributed by atoms with Crippen LogP contribution in [0.2, 0.25) is 0 Å². The molecule has 0 spiro atoms. The fourth-order valence-electron chi connectivity index (χ4n) is 3.38. The van der Waals surface area contributed by atoms with Crippen LogP contribution in [0, 0.1) is 11.8 Å². The lowest BCUT2D eigenvalue weighted by Crippen LogP contribution is -2.46. The number of hydrogen-bond donors (Lipinski definition) is 1. The molecule has 0 bridgehead atoms. The Bertz CT molecular complexity index is 814. The maximum absolute atomic E-state index is 12.8. The van der Waals surface area contributed by atoms with Crippen molar-refractivity contribution in [2.75, 3.05) is 26.8 Å². The van der Waals surface area contributed by atoms with Crippen LogP contribution in [0.15, 0.2) is 29.2 Å². The number of piperidine rings is 1. The minimum absolute atomic E-state index is 0.0666. The number of ether oxygens (including phenoxy) is 2. The van der Waals surface area contributed by atoms with Crippen molar-refractivity contribution in [1.29, 1.82) is 0 Å². The number of amides is 1. The van der Waals surface area contributed by atoms with E-state index in [0.29, 0.717) is 38.3 Å². The first-order chi connectivity index (χ1) is 14.2.